The van der Waals surface area contributed by atoms with E-state index in [1.165, 1.54) is 25.3 Å². The van der Waals surface area contributed by atoms with Gasteiger partial charge >= 0.3 is 6.18 Å². The maximum absolute atomic E-state index is 12.6. The highest BCUT2D eigenvalue weighted by atomic mass is 79.9. The van der Waals surface area contributed by atoms with Crippen LogP contribution in [0.5, 0.6) is 0 Å². The van der Waals surface area contributed by atoms with Crippen LogP contribution in [0.2, 0.25) is 0 Å². The van der Waals surface area contributed by atoms with Crippen molar-refractivity contribution in [3.05, 3.63) is 63.4 Å². The van der Waals surface area contributed by atoms with Crippen molar-refractivity contribution in [1.82, 2.24) is 4.98 Å². The average molecular weight is 344 g/mol. The summed E-state index contributed by atoms with van der Waals surface area (Å²) in [6.45, 7) is 1.47. The fraction of sp³-hybridized carbons (Fsp3) is 0.143. The molecule has 0 radical (unpaired) electrons. The van der Waals surface area contributed by atoms with Gasteiger partial charge in [0, 0.05) is 16.2 Å². The topological polar surface area (TPSA) is 30.0 Å². The Morgan fingerprint density at radius 1 is 1.20 bits per heavy atom. The Kier molecular flexibility index (Phi) is 3.94. The summed E-state index contributed by atoms with van der Waals surface area (Å²) in [6.07, 6.45) is -2.95. The Bertz CT molecular complexity index is 650. The number of halogens is 4. The van der Waals surface area contributed by atoms with Crippen LogP contribution in [-0.2, 0) is 6.18 Å². The second-order valence-electron chi connectivity index (χ2n) is 4.22. The summed E-state index contributed by atoms with van der Waals surface area (Å²) < 4.78 is 38.4. The summed E-state index contributed by atoms with van der Waals surface area (Å²) >= 11 is 3.20. The molecule has 0 unspecified atom stereocenters. The monoisotopic (exact) mass is 343 g/mol. The molecule has 0 saturated carbocycles. The predicted octanol–water partition coefficient (Wildman–Crippen LogP) is 4.40. The van der Waals surface area contributed by atoms with Crippen LogP contribution >= 0.6 is 15.9 Å². The summed E-state index contributed by atoms with van der Waals surface area (Å²) in [7, 11) is 0. The third-order valence-corrected chi connectivity index (χ3v) is 3.23. The fourth-order valence-corrected chi connectivity index (χ4v) is 1.98. The Balaban J connectivity index is 2.38. The van der Waals surface area contributed by atoms with Gasteiger partial charge in [-0.1, -0.05) is 6.07 Å². The molecule has 0 amide bonds. The van der Waals surface area contributed by atoms with Crippen molar-refractivity contribution in [3.63, 3.8) is 0 Å². The summed E-state index contributed by atoms with van der Waals surface area (Å²) in [6, 6.07) is 6.22. The molecule has 20 heavy (non-hydrogen) atoms. The number of rotatable bonds is 2. The molecule has 2 aromatic rings. The first-order valence-electron chi connectivity index (χ1n) is 5.63. The Labute approximate surface area is 121 Å². The first kappa shape index (κ1) is 14.7. The second kappa shape index (κ2) is 5.36. The number of aromatic nitrogens is 1. The molecule has 2 nitrogen and oxygen atoms in total. The van der Waals surface area contributed by atoms with E-state index < -0.39 is 17.5 Å². The van der Waals surface area contributed by atoms with Gasteiger partial charge in [-0.25, -0.2) is 0 Å². The van der Waals surface area contributed by atoms with Gasteiger partial charge in [-0.3, -0.25) is 9.78 Å². The molecule has 0 N–H and O–H groups in total. The quantitative estimate of drug-likeness (QED) is 0.756. The van der Waals surface area contributed by atoms with E-state index in [1.807, 2.05) is 0 Å². The SMILES string of the molecule is Cc1cc(C(F)(F)F)ccc1C(=O)c1ccc(Br)cn1. The first-order valence-corrected chi connectivity index (χ1v) is 6.42. The van der Waals surface area contributed by atoms with Gasteiger partial charge in [0.15, 0.2) is 0 Å². The highest BCUT2D eigenvalue weighted by molar-refractivity contribution is 9.10. The fourth-order valence-electron chi connectivity index (χ4n) is 1.74. The van der Waals surface area contributed by atoms with Crippen molar-refractivity contribution in [3.8, 4) is 0 Å². The minimum Gasteiger partial charge on any atom is -0.287 e. The van der Waals surface area contributed by atoms with Gasteiger partial charge in [0.2, 0.25) is 5.78 Å². The maximum Gasteiger partial charge on any atom is 0.416 e. The van der Waals surface area contributed by atoms with Crippen LogP contribution in [0.1, 0.15) is 27.2 Å². The van der Waals surface area contributed by atoms with Crippen LogP contribution in [-0.4, -0.2) is 10.8 Å². The lowest BCUT2D eigenvalue weighted by Crippen LogP contribution is -2.09. The molecular formula is C14H9BrF3NO. The number of ketones is 1. The number of hydrogen-bond donors (Lipinski definition) is 0. The molecule has 2 rings (SSSR count). The van der Waals surface area contributed by atoms with Gasteiger partial charge in [-0.2, -0.15) is 13.2 Å². The molecule has 0 saturated heterocycles. The van der Waals surface area contributed by atoms with E-state index in [1.54, 1.807) is 6.07 Å². The summed E-state index contributed by atoms with van der Waals surface area (Å²) in [5.41, 5.74) is -0.0891. The van der Waals surface area contributed by atoms with Crippen molar-refractivity contribution in [2.75, 3.05) is 0 Å². The van der Waals surface area contributed by atoms with Crippen molar-refractivity contribution < 1.29 is 18.0 Å². The van der Waals surface area contributed by atoms with Crippen molar-refractivity contribution >= 4 is 21.7 Å². The Hall–Kier alpha value is -1.69. The van der Waals surface area contributed by atoms with Crippen LogP contribution in [0, 0.1) is 6.92 Å². The smallest absolute Gasteiger partial charge is 0.287 e. The van der Waals surface area contributed by atoms with E-state index >= 15 is 0 Å². The molecule has 6 heteroatoms. The van der Waals surface area contributed by atoms with E-state index in [4.69, 9.17) is 0 Å². The van der Waals surface area contributed by atoms with Crippen molar-refractivity contribution in [1.29, 1.82) is 0 Å². The van der Waals surface area contributed by atoms with Crippen LogP contribution in [0.3, 0.4) is 0 Å². The summed E-state index contributed by atoms with van der Waals surface area (Å²) in [4.78, 5) is 16.1. The number of carbonyl (C=O) groups is 1. The number of alkyl halides is 3. The second-order valence-corrected chi connectivity index (χ2v) is 5.13. The molecule has 0 atom stereocenters. The normalized spacial score (nSPS) is 11.4. The zero-order valence-electron chi connectivity index (χ0n) is 10.3. The van der Waals surface area contributed by atoms with Gasteiger partial charge < -0.3 is 0 Å². The van der Waals surface area contributed by atoms with Gasteiger partial charge in [-0.15, -0.1) is 0 Å². The molecule has 1 aromatic carbocycles. The van der Waals surface area contributed by atoms with E-state index in [0.717, 1.165) is 16.6 Å². The molecule has 0 aliphatic carbocycles. The predicted molar refractivity (Wildman–Crippen MR) is 71.6 cm³/mol. The number of carbonyl (C=O) groups excluding carboxylic acids is 1. The number of pyridine rings is 1. The van der Waals surface area contributed by atoms with Gasteiger partial charge in [0.25, 0.3) is 0 Å². The first-order chi connectivity index (χ1) is 9.29. The number of nitrogens with zero attached hydrogens (tertiary/aromatic N) is 1. The molecule has 0 aliphatic rings. The third-order valence-electron chi connectivity index (χ3n) is 2.76. The summed E-state index contributed by atoms with van der Waals surface area (Å²) in [5, 5.41) is 0. The van der Waals surface area contributed by atoms with E-state index in [-0.39, 0.29) is 16.8 Å². The van der Waals surface area contributed by atoms with Crippen molar-refractivity contribution in [2.24, 2.45) is 0 Å². The molecule has 1 aromatic heterocycles. The standard InChI is InChI=1S/C14H9BrF3NO/c1-8-6-9(14(16,17)18)2-4-11(8)13(20)12-5-3-10(15)7-19-12/h2-7H,1H3. The maximum atomic E-state index is 12.6. The number of aryl methyl sites for hydroxylation is 1. The average Bonchev–Trinajstić information content (AvgIpc) is 2.37. The number of hydrogen-bond acceptors (Lipinski definition) is 2. The molecule has 0 fully saturated rings. The van der Waals surface area contributed by atoms with E-state index in [0.29, 0.717) is 0 Å². The minimum atomic E-state index is -4.41. The lowest BCUT2D eigenvalue weighted by molar-refractivity contribution is -0.137. The molecular weight excluding hydrogens is 335 g/mol. The zero-order valence-corrected chi connectivity index (χ0v) is 11.9. The molecule has 1 heterocycles. The van der Waals surface area contributed by atoms with Crippen LogP contribution in [0.4, 0.5) is 13.2 Å². The van der Waals surface area contributed by atoms with Crippen LogP contribution in [0.25, 0.3) is 0 Å². The highest BCUT2D eigenvalue weighted by Crippen LogP contribution is 2.30. The number of benzene rings is 1. The molecule has 0 bridgehead atoms. The molecule has 104 valence electrons. The van der Waals surface area contributed by atoms with Crippen LogP contribution in [0.15, 0.2) is 41.0 Å². The Morgan fingerprint density at radius 3 is 2.40 bits per heavy atom. The summed E-state index contributed by atoms with van der Waals surface area (Å²) in [5.74, 6) is -0.399. The minimum absolute atomic E-state index is 0.191. The van der Waals surface area contributed by atoms with Crippen molar-refractivity contribution in [2.45, 2.75) is 13.1 Å². The highest BCUT2D eigenvalue weighted by Gasteiger charge is 2.31. The van der Waals surface area contributed by atoms with Gasteiger partial charge in [0.1, 0.15) is 5.69 Å². The Morgan fingerprint density at radius 2 is 1.90 bits per heavy atom. The van der Waals surface area contributed by atoms with Crippen LogP contribution < -0.4 is 0 Å². The largest absolute Gasteiger partial charge is 0.416 e. The van der Waals surface area contributed by atoms with Gasteiger partial charge in [0.05, 0.1) is 5.56 Å². The molecule has 0 spiro atoms. The molecule has 0 aliphatic heterocycles. The van der Waals surface area contributed by atoms with E-state index in [9.17, 15) is 18.0 Å². The lowest BCUT2D eigenvalue weighted by Gasteiger charge is -2.10. The van der Waals surface area contributed by atoms with Gasteiger partial charge in [-0.05, 0) is 52.7 Å². The third kappa shape index (κ3) is 3.07. The van der Waals surface area contributed by atoms with E-state index in [2.05, 4.69) is 20.9 Å². The lowest BCUT2D eigenvalue weighted by atomic mass is 9.99. The zero-order chi connectivity index (χ0) is 14.9.